The molecule has 0 saturated heterocycles. The number of rotatable bonds is 2. The fourth-order valence-electron chi connectivity index (χ4n) is 3.18. The van der Waals surface area contributed by atoms with Crippen LogP contribution in [0.3, 0.4) is 0 Å². The topological polar surface area (TPSA) is 38.7 Å². The Kier molecular flexibility index (Phi) is 3.76. The van der Waals surface area contributed by atoms with Gasteiger partial charge in [0.05, 0.1) is 6.10 Å². The second kappa shape index (κ2) is 5.51. The van der Waals surface area contributed by atoms with E-state index >= 15 is 0 Å². The van der Waals surface area contributed by atoms with Crippen LogP contribution in [0.2, 0.25) is 0 Å². The van der Waals surface area contributed by atoms with E-state index in [4.69, 9.17) is 9.47 Å². The first kappa shape index (κ1) is 12.9. The first-order valence-electron chi connectivity index (χ1n) is 7.29. The van der Waals surface area contributed by atoms with E-state index in [0.717, 1.165) is 30.1 Å². The molecule has 3 rings (SSSR count). The Bertz CT molecular complexity index is 432. The number of hydrogen-bond donors (Lipinski definition) is 1. The summed E-state index contributed by atoms with van der Waals surface area (Å²) >= 11 is 0. The lowest BCUT2D eigenvalue weighted by Crippen LogP contribution is -2.37. The second-order valence-corrected chi connectivity index (χ2v) is 5.86. The van der Waals surface area contributed by atoms with Crippen LogP contribution in [0.25, 0.3) is 0 Å². The largest absolute Gasteiger partial charge is 0.490 e. The maximum absolute atomic E-state index is 10.4. The fraction of sp³-hybridized carbons (Fsp3) is 0.625. The zero-order chi connectivity index (χ0) is 13.2. The van der Waals surface area contributed by atoms with Crippen LogP contribution in [-0.4, -0.2) is 23.9 Å². The summed E-state index contributed by atoms with van der Waals surface area (Å²) in [7, 11) is 0. The minimum atomic E-state index is -0.567. The van der Waals surface area contributed by atoms with Gasteiger partial charge in [-0.15, -0.1) is 0 Å². The highest BCUT2D eigenvalue weighted by atomic mass is 16.6. The molecule has 1 fully saturated rings. The van der Waals surface area contributed by atoms with Crippen LogP contribution in [0.15, 0.2) is 24.3 Å². The average Bonchev–Trinajstić information content (AvgIpc) is 2.42. The van der Waals surface area contributed by atoms with Crippen molar-refractivity contribution >= 4 is 0 Å². The zero-order valence-corrected chi connectivity index (χ0v) is 11.4. The molecule has 1 saturated carbocycles. The Morgan fingerprint density at radius 2 is 2.11 bits per heavy atom. The number of fused-ring (bicyclic) bond motifs is 1. The van der Waals surface area contributed by atoms with Gasteiger partial charge in [0.15, 0.2) is 0 Å². The summed E-state index contributed by atoms with van der Waals surface area (Å²) in [6.07, 6.45) is 4.21. The van der Waals surface area contributed by atoms with Gasteiger partial charge in [0.1, 0.15) is 24.6 Å². The molecule has 1 aromatic carbocycles. The molecule has 4 unspecified atom stereocenters. The van der Waals surface area contributed by atoms with Crippen LogP contribution in [0.1, 0.15) is 44.3 Å². The third-order valence-corrected chi connectivity index (χ3v) is 4.25. The van der Waals surface area contributed by atoms with Crippen LogP contribution in [-0.2, 0) is 4.74 Å². The molecule has 2 aliphatic rings. The molecule has 0 radical (unpaired) electrons. The van der Waals surface area contributed by atoms with Gasteiger partial charge in [-0.25, -0.2) is 0 Å². The van der Waals surface area contributed by atoms with E-state index in [1.165, 1.54) is 12.8 Å². The predicted octanol–water partition coefficient (Wildman–Crippen LogP) is 3.08. The molecule has 19 heavy (non-hydrogen) atoms. The Balaban J connectivity index is 1.67. The van der Waals surface area contributed by atoms with E-state index in [0.29, 0.717) is 6.61 Å². The van der Waals surface area contributed by atoms with Crippen molar-refractivity contribution in [1.82, 2.24) is 0 Å². The number of aliphatic hydroxyl groups is 1. The normalized spacial score (nSPS) is 34.4. The molecule has 104 valence electrons. The molecule has 0 spiro atoms. The van der Waals surface area contributed by atoms with Crippen molar-refractivity contribution in [3.05, 3.63) is 29.8 Å². The highest BCUT2D eigenvalue weighted by Crippen LogP contribution is 2.35. The minimum Gasteiger partial charge on any atom is -0.490 e. The zero-order valence-electron chi connectivity index (χ0n) is 11.4. The van der Waals surface area contributed by atoms with Crippen LogP contribution >= 0.6 is 0 Å². The highest BCUT2D eigenvalue weighted by molar-refractivity contribution is 5.37. The number of para-hydroxylation sites is 1. The lowest BCUT2D eigenvalue weighted by molar-refractivity contribution is -0.117. The van der Waals surface area contributed by atoms with Crippen LogP contribution in [0.5, 0.6) is 5.75 Å². The van der Waals surface area contributed by atoms with Crippen LogP contribution in [0, 0.1) is 5.92 Å². The van der Waals surface area contributed by atoms with Gasteiger partial charge < -0.3 is 14.6 Å². The van der Waals surface area contributed by atoms with Gasteiger partial charge in [0, 0.05) is 5.56 Å². The number of aliphatic hydroxyl groups excluding tert-OH is 1. The first-order chi connectivity index (χ1) is 9.24. The molecule has 0 amide bonds. The van der Waals surface area contributed by atoms with Crippen molar-refractivity contribution in [2.24, 2.45) is 5.92 Å². The molecular weight excluding hydrogens is 240 g/mol. The summed E-state index contributed by atoms with van der Waals surface area (Å²) in [5, 5.41) is 10.4. The first-order valence-corrected chi connectivity index (χ1v) is 7.29. The average molecular weight is 262 g/mol. The Morgan fingerprint density at radius 1 is 1.26 bits per heavy atom. The van der Waals surface area contributed by atoms with E-state index in [1.54, 1.807) is 0 Å². The molecule has 1 heterocycles. The van der Waals surface area contributed by atoms with Crippen molar-refractivity contribution in [1.29, 1.82) is 0 Å². The van der Waals surface area contributed by atoms with Gasteiger partial charge >= 0.3 is 0 Å². The molecule has 1 aromatic rings. The fourth-order valence-corrected chi connectivity index (χ4v) is 3.18. The lowest BCUT2D eigenvalue weighted by atomic mass is 9.88. The van der Waals surface area contributed by atoms with Gasteiger partial charge in [-0.3, -0.25) is 0 Å². The summed E-state index contributed by atoms with van der Waals surface area (Å²) < 4.78 is 11.8. The van der Waals surface area contributed by atoms with Crippen molar-refractivity contribution < 1.29 is 14.6 Å². The number of ether oxygens (including phenoxy) is 2. The van der Waals surface area contributed by atoms with Gasteiger partial charge in [-0.2, -0.15) is 0 Å². The Labute approximate surface area is 114 Å². The molecule has 1 N–H and O–H groups in total. The van der Waals surface area contributed by atoms with E-state index in [2.05, 4.69) is 6.92 Å². The number of benzene rings is 1. The molecule has 1 aliphatic carbocycles. The summed E-state index contributed by atoms with van der Waals surface area (Å²) in [6, 6.07) is 7.67. The molecule has 4 atom stereocenters. The van der Waals surface area contributed by atoms with E-state index in [9.17, 15) is 5.11 Å². The van der Waals surface area contributed by atoms with Crippen molar-refractivity contribution in [3.8, 4) is 5.75 Å². The summed E-state index contributed by atoms with van der Waals surface area (Å²) in [5.41, 5.74) is 0.850. The Hall–Kier alpha value is -1.06. The van der Waals surface area contributed by atoms with Crippen molar-refractivity contribution in [3.63, 3.8) is 0 Å². The van der Waals surface area contributed by atoms with E-state index in [1.807, 2.05) is 24.3 Å². The number of hydrogen-bond acceptors (Lipinski definition) is 3. The highest BCUT2D eigenvalue weighted by Gasteiger charge is 2.32. The van der Waals surface area contributed by atoms with Gasteiger partial charge in [-0.05, 0) is 24.8 Å². The standard InChI is InChI=1S/C16H22O3/c1-11-5-4-6-12(9-11)19-15-10-18-14-8-3-2-7-13(14)16(15)17/h2-3,7-8,11-12,15-17H,4-6,9-10H2,1H3. The lowest BCUT2D eigenvalue weighted by Gasteiger charge is -2.35. The maximum atomic E-state index is 10.4. The van der Waals surface area contributed by atoms with Crippen molar-refractivity contribution in [2.75, 3.05) is 6.61 Å². The van der Waals surface area contributed by atoms with Gasteiger partial charge in [-0.1, -0.05) is 38.0 Å². The second-order valence-electron chi connectivity index (χ2n) is 5.86. The summed E-state index contributed by atoms with van der Waals surface area (Å²) in [5.74, 6) is 1.51. The molecule has 0 aromatic heterocycles. The van der Waals surface area contributed by atoms with Crippen LogP contribution in [0.4, 0.5) is 0 Å². The summed E-state index contributed by atoms with van der Waals surface area (Å²) in [4.78, 5) is 0. The van der Waals surface area contributed by atoms with E-state index < -0.39 is 6.10 Å². The smallest absolute Gasteiger partial charge is 0.125 e. The molecule has 3 nitrogen and oxygen atoms in total. The SMILES string of the molecule is CC1CCCC(OC2COc3ccccc3C2O)C1. The van der Waals surface area contributed by atoms with E-state index in [-0.39, 0.29) is 12.2 Å². The monoisotopic (exact) mass is 262 g/mol. The third kappa shape index (κ3) is 2.77. The minimum absolute atomic E-state index is 0.231. The molecule has 1 aliphatic heterocycles. The maximum Gasteiger partial charge on any atom is 0.125 e. The third-order valence-electron chi connectivity index (χ3n) is 4.25. The molecular formula is C16H22O3. The summed E-state index contributed by atoms with van der Waals surface area (Å²) in [6.45, 7) is 2.72. The molecule has 0 bridgehead atoms. The van der Waals surface area contributed by atoms with Crippen molar-refractivity contribution in [2.45, 2.75) is 50.9 Å². The van der Waals surface area contributed by atoms with Gasteiger partial charge in [0.2, 0.25) is 0 Å². The van der Waals surface area contributed by atoms with Gasteiger partial charge in [0.25, 0.3) is 0 Å². The van der Waals surface area contributed by atoms with Crippen LogP contribution < -0.4 is 4.74 Å². The quantitative estimate of drug-likeness (QED) is 0.890. The molecule has 3 heteroatoms. The predicted molar refractivity (Wildman–Crippen MR) is 73.2 cm³/mol. The Morgan fingerprint density at radius 3 is 2.95 bits per heavy atom.